The van der Waals surface area contributed by atoms with Crippen LogP contribution >= 0.6 is 0 Å². The van der Waals surface area contributed by atoms with E-state index in [4.69, 9.17) is 19.4 Å². The summed E-state index contributed by atoms with van der Waals surface area (Å²) in [5.41, 5.74) is 1.58. The Kier molecular flexibility index (Phi) is 5.20. The fourth-order valence-electron chi connectivity index (χ4n) is 3.44. The zero-order valence-corrected chi connectivity index (χ0v) is 16.8. The van der Waals surface area contributed by atoms with E-state index in [1.807, 2.05) is 31.3 Å². The van der Waals surface area contributed by atoms with E-state index in [0.717, 1.165) is 29.7 Å². The Hall–Kier alpha value is -3.35. The lowest BCUT2D eigenvalue weighted by atomic mass is 10.2. The number of methoxy groups -OCH3 is 1. The lowest BCUT2D eigenvalue weighted by molar-refractivity contribution is -0.124. The molecule has 1 aromatic heterocycles. The molecule has 1 amide bonds. The smallest absolute Gasteiger partial charge is 0.269 e. The number of aromatic nitrogens is 2. The largest absolute Gasteiger partial charge is 0.497 e. The van der Waals surface area contributed by atoms with Crippen LogP contribution in [0.1, 0.15) is 13.3 Å². The number of anilines is 2. The Balaban J connectivity index is 1.63. The number of hydrogen-bond donors (Lipinski definition) is 0. The number of ether oxygens (including phenoxy) is 2. The number of hydrogen-bond acceptors (Lipinski definition) is 6. The molecule has 7 nitrogen and oxygen atoms in total. The van der Waals surface area contributed by atoms with Crippen LogP contribution in [0, 0.1) is 0 Å². The second kappa shape index (κ2) is 7.95. The van der Waals surface area contributed by atoms with Crippen LogP contribution in [0.25, 0.3) is 11.0 Å². The quantitative estimate of drug-likeness (QED) is 0.679. The predicted molar refractivity (Wildman–Crippen MR) is 113 cm³/mol. The first-order valence-electron chi connectivity index (χ1n) is 9.67. The number of nitrogens with zero attached hydrogens (tertiary/aromatic N) is 4. The molecule has 3 aromatic rings. The van der Waals surface area contributed by atoms with Gasteiger partial charge in [0.05, 0.1) is 18.1 Å². The standard InChI is InChI=1S/C22H24N4O3/c1-15(29-17-11-9-16(28-3)10-12-17)22(27)26-14-6-13-25(2)20-21(26)24-19-8-5-4-7-18(19)23-20/h4-5,7-12,15H,6,13-14H2,1-3H3/t15-/m0/s1. The third kappa shape index (κ3) is 3.81. The summed E-state index contributed by atoms with van der Waals surface area (Å²) < 4.78 is 11.1. The molecule has 2 heterocycles. The predicted octanol–water partition coefficient (Wildman–Crippen LogP) is 3.28. The van der Waals surface area contributed by atoms with Crippen LogP contribution in [-0.4, -0.2) is 49.2 Å². The van der Waals surface area contributed by atoms with Crippen molar-refractivity contribution < 1.29 is 14.3 Å². The van der Waals surface area contributed by atoms with Gasteiger partial charge in [0, 0.05) is 20.1 Å². The van der Waals surface area contributed by atoms with Crippen LogP contribution in [0.2, 0.25) is 0 Å². The van der Waals surface area contributed by atoms with Crippen LogP contribution in [-0.2, 0) is 4.79 Å². The molecule has 150 valence electrons. The number of benzene rings is 2. The number of rotatable bonds is 4. The van der Waals surface area contributed by atoms with E-state index in [0.29, 0.717) is 23.9 Å². The Morgan fingerprint density at radius 2 is 1.59 bits per heavy atom. The molecule has 2 aromatic carbocycles. The molecular formula is C22H24N4O3. The van der Waals surface area contributed by atoms with E-state index in [2.05, 4.69) is 4.90 Å². The summed E-state index contributed by atoms with van der Waals surface area (Å²) in [6.45, 7) is 3.13. The summed E-state index contributed by atoms with van der Waals surface area (Å²) in [5.74, 6) is 2.51. The molecule has 0 radical (unpaired) electrons. The van der Waals surface area contributed by atoms with Crippen molar-refractivity contribution in [2.45, 2.75) is 19.4 Å². The number of carbonyl (C=O) groups excluding carboxylic acids is 1. The van der Waals surface area contributed by atoms with Crippen LogP contribution < -0.4 is 19.3 Å². The summed E-state index contributed by atoms with van der Waals surface area (Å²) >= 11 is 0. The van der Waals surface area contributed by atoms with E-state index < -0.39 is 6.10 Å². The third-order valence-electron chi connectivity index (χ3n) is 5.01. The van der Waals surface area contributed by atoms with Crippen molar-refractivity contribution in [2.75, 3.05) is 37.0 Å². The Labute approximate surface area is 169 Å². The lowest BCUT2D eigenvalue weighted by Crippen LogP contribution is -2.41. The molecule has 1 aliphatic heterocycles. The minimum Gasteiger partial charge on any atom is -0.497 e. The van der Waals surface area contributed by atoms with Gasteiger partial charge >= 0.3 is 0 Å². The molecule has 0 N–H and O–H groups in total. The molecule has 1 aliphatic rings. The molecule has 7 heteroatoms. The fraction of sp³-hybridized carbons (Fsp3) is 0.318. The average molecular weight is 392 g/mol. The number of fused-ring (bicyclic) bond motifs is 2. The van der Waals surface area contributed by atoms with Crippen LogP contribution in [0.5, 0.6) is 11.5 Å². The van der Waals surface area contributed by atoms with Gasteiger partial charge in [-0.3, -0.25) is 9.69 Å². The molecule has 29 heavy (non-hydrogen) atoms. The highest BCUT2D eigenvalue weighted by Gasteiger charge is 2.30. The zero-order chi connectivity index (χ0) is 20.4. The first kappa shape index (κ1) is 19.0. The third-order valence-corrected chi connectivity index (χ3v) is 5.01. The molecule has 0 unspecified atom stereocenters. The van der Waals surface area contributed by atoms with Gasteiger partial charge in [0.15, 0.2) is 17.7 Å². The Bertz CT molecular complexity index is 1020. The van der Waals surface area contributed by atoms with Gasteiger partial charge in [0.1, 0.15) is 11.5 Å². The van der Waals surface area contributed by atoms with Crippen LogP contribution in [0.15, 0.2) is 48.5 Å². The van der Waals surface area contributed by atoms with Gasteiger partial charge in [-0.15, -0.1) is 0 Å². The maximum Gasteiger partial charge on any atom is 0.269 e. The maximum absolute atomic E-state index is 13.3. The van der Waals surface area contributed by atoms with Gasteiger partial charge in [-0.25, -0.2) is 9.97 Å². The van der Waals surface area contributed by atoms with Crippen molar-refractivity contribution in [1.29, 1.82) is 0 Å². The van der Waals surface area contributed by atoms with Gasteiger partial charge in [-0.2, -0.15) is 0 Å². The van der Waals surface area contributed by atoms with Crippen molar-refractivity contribution >= 4 is 28.6 Å². The van der Waals surface area contributed by atoms with E-state index >= 15 is 0 Å². The highest BCUT2D eigenvalue weighted by Crippen LogP contribution is 2.31. The second-order valence-corrected chi connectivity index (χ2v) is 7.06. The SMILES string of the molecule is COc1ccc(O[C@@H](C)C(=O)N2CCCN(C)c3nc4ccccc4nc32)cc1. The van der Waals surface area contributed by atoms with Crippen molar-refractivity contribution in [3.63, 3.8) is 0 Å². The molecule has 0 spiro atoms. The summed E-state index contributed by atoms with van der Waals surface area (Å²) in [4.78, 5) is 26.6. The van der Waals surface area contributed by atoms with Gasteiger partial charge in [0.25, 0.3) is 5.91 Å². The van der Waals surface area contributed by atoms with Gasteiger partial charge in [0.2, 0.25) is 0 Å². The number of carbonyl (C=O) groups is 1. The van der Waals surface area contributed by atoms with E-state index in [9.17, 15) is 4.79 Å². The minimum atomic E-state index is -0.659. The molecule has 0 fully saturated rings. The first-order valence-corrected chi connectivity index (χ1v) is 9.67. The van der Waals surface area contributed by atoms with E-state index in [1.165, 1.54) is 0 Å². The highest BCUT2D eigenvalue weighted by molar-refractivity contribution is 5.99. The van der Waals surface area contributed by atoms with Crippen molar-refractivity contribution in [3.05, 3.63) is 48.5 Å². The second-order valence-electron chi connectivity index (χ2n) is 7.06. The highest BCUT2D eigenvalue weighted by atomic mass is 16.5. The molecule has 0 bridgehead atoms. The molecular weight excluding hydrogens is 368 g/mol. The van der Waals surface area contributed by atoms with Gasteiger partial charge in [-0.1, -0.05) is 12.1 Å². The normalized spacial score (nSPS) is 14.9. The Morgan fingerprint density at radius 3 is 2.24 bits per heavy atom. The minimum absolute atomic E-state index is 0.137. The maximum atomic E-state index is 13.3. The summed E-state index contributed by atoms with van der Waals surface area (Å²) in [6, 6.07) is 14.9. The molecule has 0 saturated heterocycles. The topological polar surface area (TPSA) is 67.8 Å². The molecule has 0 aliphatic carbocycles. The van der Waals surface area contributed by atoms with Crippen LogP contribution in [0.4, 0.5) is 11.6 Å². The number of amides is 1. The Morgan fingerprint density at radius 1 is 0.966 bits per heavy atom. The molecule has 4 rings (SSSR count). The van der Waals surface area contributed by atoms with Crippen molar-refractivity contribution in [2.24, 2.45) is 0 Å². The summed E-state index contributed by atoms with van der Waals surface area (Å²) in [6.07, 6.45) is 0.166. The zero-order valence-electron chi connectivity index (χ0n) is 16.8. The van der Waals surface area contributed by atoms with E-state index in [-0.39, 0.29) is 5.91 Å². The molecule has 0 saturated carbocycles. The number of para-hydroxylation sites is 2. The van der Waals surface area contributed by atoms with E-state index in [1.54, 1.807) is 43.2 Å². The van der Waals surface area contributed by atoms with Gasteiger partial charge in [-0.05, 0) is 49.7 Å². The average Bonchev–Trinajstić information content (AvgIpc) is 2.91. The summed E-state index contributed by atoms with van der Waals surface area (Å²) in [7, 11) is 3.59. The van der Waals surface area contributed by atoms with Crippen LogP contribution in [0.3, 0.4) is 0 Å². The van der Waals surface area contributed by atoms with Gasteiger partial charge < -0.3 is 14.4 Å². The first-order chi connectivity index (χ1) is 14.1. The van der Waals surface area contributed by atoms with Crippen molar-refractivity contribution in [1.82, 2.24) is 9.97 Å². The van der Waals surface area contributed by atoms with Crippen molar-refractivity contribution in [3.8, 4) is 11.5 Å². The fourth-order valence-corrected chi connectivity index (χ4v) is 3.44. The molecule has 1 atom stereocenters. The lowest BCUT2D eigenvalue weighted by Gasteiger charge is -2.25. The summed E-state index contributed by atoms with van der Waals surface area (Å²) in [5, 5.41) is 0. The monoisotopic (exact) mass is 392 g/mol.